The normalized spacial score (nSPS) is 12.6. The number of hydrogen-bond donors (Lipinski definition) is 3. The summed E-state index contributed by atoms with van der Waals surface area (Å²) in [6.45, 7) is 1.83. The molecule has 0 spiro atoms. The number of nitrogens with two attached hydrogens (primary N) is 1. The molecule has 1 aromatic carbocycles. The average molecular weight is 287 g/mol. The van der Waals surface area contributed by atoms with Crippen LogP contribution in [0.5, 0.6) is 0 Å². The maximum Gasteiger partial charge on any atom is 0.328 e. The molecule has 106 valence electrons. The van der Waals surface area contributed by atoms with E-state index in [0.29, 0.717) is 17.8 Å². The molecule has 19 heavy (non-hydrogen) atoms. The van der Waals surface area contributed by atoms with Crippen molar-refractivity contribution >= 4 is 27.6 Å². The number of rotatable bonds is 6. The minimum absolute atomic E-state index is 0.312. The predicted molar refractivity (Wildman–Crippen MR) is 72.9 cm³/mol. The predicted octanol–water partition coefficient (Wildman–Crippen LogP) is 0.665. The first-order chi connectivity index (χ1) is 8.85. The number of esters is 1. The van der Waals surface area contributed by atoms with Gasteiger partial charge in [-0.15, -0.1) is 0 Å². The largest absolute Gasteiger partial charge is 0.467 e. The lowest BCUT2D eigenvalue weighted by Gasteiger charge is -2.16. The molecule has 0 saturated heterocycles. The van der Waals surface area contributed by atoms with Crippen LogP contribution in [0, 0.1) is 0 Å². The van der Waals surface area contributed by atoms with E-state index in [9.17, 15) is 13.2 Å². The summed E-state index contributed by atoms with van der Waals surface area (Å²) in [7, 11) is -2.51. The fourth-order valence-electron chi connectivity index (χ4n) is 1.51. The van der Waals surface area contributed by atoms with Crippen molar-refractivity contribution in [3.8, 4) is 0 Å². The number of carbonyl (C=O) groups excluding carboxylic acids is 1. The number of benzene rings is 1. The van der Waals surface area contributed by atoms with Crippen LogP contribution in [0.2, 0.25) is 0 Å². The molecule has 0 heterocycles. The smallest absolute Gasteiger partial charge is 0.328 e. The van der Waals surface area contributed by atoms with E-state index in [0.717, 1.165) is 0 Å². The molecule has 0 aliphatic carbocycles. The van der Waals surface area contributed by atoms with Gasteiger partial charge in [-0.05, 0) is 24.6 Å². The van der Waals surface area contributed by atoms with Crippen molar-refractivity contribution in [1.82, 2.24) is 0 Å². The molecule has 8 heteroatoms. The lowest BCUT2D eigenvalue weighted by Crippen LogP contribution is -2.29. The van der Waals surface area contributed by atoms with Gasteiger partial charge >= 0.3 is 5.97 Å². The Labute approximate surface area is 112 Å². The number of carbonyl (C=O) groups is 1. The molecular formula is C11H17N3O4S. The van der Waals surface area contributed by atoms with E-state index >= 15 is 0 Å². The Morgan fingerprint density at radius 1 is 1.42 bits per heavy atom. The highest BCUT2D eigenvalue weighted by Crippen LogP contribution is 2.17. The summed E-state index contributed by atoms with van der Waals surface area (Å²) >= 11 is 0. The summed E-state index contributed by atoms with van der Waals surface area (Å²) < 4.78 is 28.6. The van der Waals surface area contributed by atoms with E-state index in [1.165, 1.54) is 13.2 Å². The number of anilines is 2. The Bertz CT molecular complexity index is 545. The van der Waals surface area contributed by atoms with Gasteiger partial charge in [0.25, 0.3) is 10.2 Å². The van der Waals surface area contributed by atoms with E-state index < -0.39 is 16.3 Å². The van der Waals surface area contributed by atoms with E-state index in [1.54, 1.807) is 18.2 Å². The van der Waals surface area contributed by atoms with Crippen LogP contribution >= 0.6 is 0 Å². The summed E-state index contributed by atoms with van der Waals surface area (Å²) in [5.41, 5.74) is 0.901. The van der Waals surface area contributed by atoms with Crippen molar-refractivity contribution in [3.05, 3.63) is 24.3 Å². The zero-order chi connectivity index (χ0) is 14.5. The molecule has 0 fully saturated rings. The quantitative estimate of drug-likeness (QED) is 0.666. The first-order valence-corrected chi connectivity index (χ1v) is 7.15. The van der Waals surface area contributed by atoms with Gasteiger partial charge in [-0.1, -0.05) is 13.0 Å². The summed E-state index contributed by atoms with van der Waals surface area (Å²) in [6.07, 6.45) is 0.541. The second kappa shape index (κ2) is 6.39. The van der Waals surface area contributed by atoms with Crippen LogP contribution < -0.4 is 15.2 Å². The lowest BCUT2D eigenvalue weighted by molar-refractivity contribution is -0.141. The van der Waals surface area contributed by atoms with Crippen molar-refractivity contribution in [2.45, 2.75) is 19.4 Å². The standard InChI is InChI=1S/C11H17N3O4S/c1-3-10(11(15)18-2)13-8-5-4-6-9(7-8)14-19(12,16)17/h4-7,10,13-14H,3H2,1-2H3,(H2,12,16,17). The molecule has 0 bridgehead atoms. The maximum atomic E-state index is 11.4. The molecule has 0 amide bonds. The molecule has 0 radical (unpaired) electrons. The van der Waals surface area contributed by atoms with E-state index in [2.05, 4.69) is 14.8 Å². The van der Waals surface area contributed by atoms with Gasteiger partial charge in [-0.3, -0.25) is 4.72 Å². The van der Waals surface area contributed by atoms with Gasteiger partial charge in [0.15, 0.2) is 0 Å². The molecule has 1 rings (SSSR count). The second-order valence-corrected chi connectivity index (χ2v) is 5.15. The molecule has 7 nitrogen and oxygen atoms in total. The Hall–Kier alpha value is -1.80. The molecule has 1 atom stereocenters. The minimum Gasteiger partial charge on any atom is -0.467 e. The van der Waals surface area contributed by atoms with Crippen molar-refractivity contribution < 1.29 is 17.9 Å². The Balaban J connectivity index is 2.84. The zero-order valence-corrected chi connectivity index (χ0v) is 11.5. The van der Waals surface area contributed by atoms with Crippen molar-refractivity contribution in [2.75, 3.05) is 17.1 Å². The van der Waals surface area contributed by atoms with Crippen LogP contribution in [0.25, 0.3) is 0 Å². The van der Waals surface area contributed by atoms with Gasteiger partial charge in [0.2, 0.25) is 0 Å². The van der Waals surface area contributed by atoms with Crippen molar-refractivity contribution in [2.24, 2.45) is 5.14 Å². The third kappa shape index (κ3) is 5.14. The second-order valence-electron chi connectivity index (χ2n) is 3.86. The lowest BCUT2D eigenvalue weighted by atomic mass is 10.2. The van der Waals surface area contributed by atoms with Crippen molar-refractivity contribution in [3.63, 3.8) is 0 Å². The first kappa shape index (κ1) is 15.3. The third-order valence-electron chi connectivity index (χ3n) is 2.36. The van der Waals surface area contributed by atoms with E-state index in [1.807, 2.05) is 6.92 Å². The molecule has 1 aromatic rings. The molecule has 1 unspecified atom stereocenters. The molecule has 4 N–H and O–H groups in total. The van der Waals surface area contributed by atoms with Gasteiger partial charge < -0.3 is 10.1 Å². The maximum absolute atomic E-state index is 11.4. The highest BCUT2D eigenvalue weighted by atomic mass is 32.2. The van der Waals surface area contributed by atoms with Crippen LogP contribution in [0.3, 0.4) is 0 Å². The van der Waals surface area contributed by atoms with Crippen molar-refractivity contribution in [1.29, 1.82) is 0 Å². The fraction of sp³-hybridized carbons (Fsp3) is 0.364. The number of methoxy groups -OCH3 is 1. The minimum atomic E-state index is -3.82. The Morgan fingerprint density at radius 2 is 2.05 bits per heavy atom. The van der Waals surface area contributed by atoms with E-state index in [4.69, 9.17) is 5.14 Å². The first-order valence-electron chi connectivity index (χ1n) is 5.60. The number of ether oxygens (including phenoxy) is 1. The van der Waals surface area contributed by atoms with Gasteiger partial charge in [0.05, 0.1) is 12.8 Å². The third-order valence-corrected chi connectivity index (χ3v) is 2.88. The SMILES string of the molecule is CCC(Nc1cccc(NS(N)(=O)=O)c1)C(=O)OC. The highest BCUT2D eigenvalue weighted by molar-refractivity contribution is 7.90. The topological polar surface area (TPSA) is 111 Å². The molecule has 0 saturated carbocycles. The monoisotopic (exact) mass is 287 g/mol. The summed E-state index contributed by atoms with van der Waals surface area (Å²) in [5, 5.41) is 7.84. The molecule has 0 aliphatic heterocycles. The van der Waals surface area contributed by atoms with Gasteiger partial charge in [0, 0.05) is 5.69 Å². The van der Waals surface area contributed by atoms with Crippen LogP contribution in [-0.2, 0) is 19.7 Å². The molecular weight excluding hydrogens is 270 g/mol. The van der Waals surface area contributed by atoms with Crippen LogP contribution in [-0.4, -0.2) is 27.5 Å². The Morgan fingerprint density at radius 3 is 2.58 bits per heavy atom. The van der Waals surface area contributed by atoms with Gasteiger partial charge in [0.1, 0.15) is 6.04 Å². The summed E-state index contributed by atoms with van der Waals surface area (Å²) in [4.78, 5) is 11.4. The van der Waals surface area contributed by atoms with Crippen LogP contribution in [0.4, 0.5) is 11.4 Å². The van der Waals surface area contributed by atoms with Gasteiger partial charge in [-0.2, -0.15) is 8.42 Å². The number of nitrogens with one attached hydrogen (secondary N) is 2. The van der Waals surface area contributed by atoms with Gasteiger partial charge in [-0.25, -0.2) is 9.93 Å². The average Bonchev–Trinajstić information content (AvgIpc) is 2.33. The number of hydrogen-bond acceptors (Lipinski definition) is 5. The van der Waals surface area contributed by atoms with Crippen LogP contribution in [0.1, 0.15) is 13.3 Å². The fourth-order valence-corrected chi connectivity index (χ4v) is 1.96. The molecule has 0 aromatic heterocycles. The molecule has 0 aliphatic rings. The van der Waals surface area contributed by atoms with Crippen LogP contribution in [0.15, 0.2) is 24.3 Å². The summed E-state index contributed by atoms with van der Waals surface area (Å²) in [6, 6.07) is 5.94. The Kier molecular flexibility index (Phi) is 5.13. The highest BCUT2D eigenvalue weighted by Gasteiger charge is 2.16. The zero-order valence-electron chi connectivity index (χ0n) is 10.7. The summed E-state index contributed by atoms with van der Waals surface area (Å²) in [5.74, 6) is -0.382. The van der Waals surface area contributed by atoms with E-state index in [-0.39, 0.29) is 5.97 Å².